The Bertz CT molecular complexity index is 909. The molecule has 166 valence electrons. The number of carboxylic acids is 3. The van der Waals surface area contributed by atoms with Crippen LogP contribution in [0.5, 0.6) is 17.2 Å². The van der Waals surface area contributed by atoms with Crippen molar-refractivity contribution in [1.82, 2.24) is 6.15 Å². The minimum Gasteiger partial charge on any atom is -0.872 e. The molecule has 0 saturated heterocycles. The van der Waals surface area contributed by atoms with Gasteiger partial charge < -0.3 is 36.8 Å². The number of hydrogen-bond acceptors (Lipinski definition) is 6. The number of carbonyl (C=O) groups is 3. The van der Waals surface area contributed by atoms with E-state index in [9.17, 15) is 29.7 Å². The smallest absolute Gasteiger partial charge is 0.872 e. The van der Waals surface area contributed by atoms with Gasteiger partial charge in [0, 0.05) is 0 Å². The van der Waals surface area contributed by atoms with Gasteiger partial charge in [0.2, 0.25) is 0 Å². The van der Waals surface area contributed by atoms with Crippen LogP contribution in [0.1, 0.15) is 31.1 Å². The summed E-state index contributed by atoms with van der Waals surface area (Å²) in [6.45, 7) is 0. The average Bonchev–Trinajstić information content (AvgIpc) is 2.69. The predicted octanol–water partition coefficient (Wildman–Crippen LogP) is 1.37. The fourth-order valence-corrected chi connectivity index (χ4v) is 1.93. The number of hydrogen-bond donors (Lipinski definition) is 4. The average molecular weight is 637 g/mol. The Morgan fingerprint density at radius 3 is 0.812 bits per heavy atom. The molecular weight excluding hydrogens is 617 g/mol. The predicted molar refractivity (Wildman–Crippen MR) is 110 cm³/mol. The molecule has 0 spiro atoms. The summed E-state index contributed by atoms with van der Waals surface area (Å²) < 4.78 is 0. The first kappa shape index (κ1) is 30.5. The molecule has 0 unspecified atom stereocenters. The molecule has 10 nitrogen and oxygen atoms in total. The Morgan fingerprint density at radius 2 is 0.688 bits per heavy atom. The van der Waals surface area contributed by atoms with Crippen LogP contribution in [-0.2, 0) is 0 Å². The van der Waals surface area contributed by atoms with E-state index in [0.717, 1.165) is 0 Å². The van der Waals surface area contributed by atoms with E-state index in [0.29, 0.717) is 0 Å². The molecule has 7 N–H and O–H groups in total. The Kier molecular flexibility index (Phi) is 14.5. The second kappa shape index (κ2) is 15.2. The molecule has 0 saturated carbocycles. The van der Waals surface area contributed by atoms with Crippen molar-refractivity contribution in [3.8, 4) is 17.2 Å². The van der Waals surface area contributed by atoms with Crippen LogP contribution in [-0.4, -0.2) is 60.5 Å². The molecule has 11 heteroatoms. The van der Waals surface area contributed by atoms with E-state index in [1.807, 2.05) is 0 Å². The first-order valence-corrected chi connectivity index (χ1v) is 8.13. The number of benzene rings is 3. The summed E-state index contributed by atoms with van der Waals surface area (Å²) in [5.74, 6) is -4.87. The van der Waals surface area contributed by atoms with E-state index >= 15 is 0 Å². The van der Waals surface area contributed by atoms with Gasteiger partial charge in [0.1, 0.15) is 0 Å². The molecule has 3 aromatic carbocycles. The SMILES string of the molecule is O=C(O)c1ccccc1[O-].O=C(O)c1ccccc1[O-].O=C(O)c1ccccc1[O-].[NH4+].[Pb+2]. The van der Waals surface area contributed by atoms with Gasteiger partial charge in [-0.3, -0.25) is 0 Å². The van der Waals surface area contributed by atoms with Gasteiger partial charge in [-0.1, -0.05) is 71.8 Å². The number of quaternary nitrogens is 1. The standard InChI is InChI=1S/3C7H6O3.H3N.Pb/c3*8-6-4-2-1-3-5(6)7(9)10;;/h3*1-4,8H,(H,9,10);1H3;/q;;;;+2/p-2. The zero-order valence-electron chi connectivity index (χ0n) is 16.7. The second-order valence-corrected chi connectivity index (χ2v) is 5.40. The van der Waals surface area contributed by atoms with Crippen LogP contribution < -0.4 is 21.5 Å². The third kappa shape index (κ3) is 9.90. The van der Waals surface area contributed by atoms with E-state index in [-0.39, 0.29) is 50.1 Å². The van der Waals surface area contributed by atoms with Crippen LogP contribution in [0.15, 0.2) is 72.8 Å². The largest absolute Gasteiger partial charge is 2.00 e. The van der Waals surface area contributed by atoms with Crippen molar-refractivity contribution >= 4 is 45.2 Å². The van der Waals surface area contributed by atoms with E-state index < -0.39 is 35.2 Å². The monoisotopic (exact) mass is 637 g/mol. The van der Waals surface area contributed by atoms with E-state index in [2.05, 4.69) is 0 Å². The summed E-state index contributed by atoms with van der Waals surface area (Å²) in [5, 5.41) is 57.1. The Morgan fingerprint density at radius 1 is 0.500 bits per heavy atom. The van der Waals surface area contributed by atoms with E-state index in [1.165, 1.54) is 72.8 Å². The molecule has 0 amide bonds. The Labute approximate surface area is 202 Å². The summed E-state index contributed by atoms with van der Waals surface area (Å²) in [6.07, 6.45) is 0. The van der Waals surface area contributed by atoms with Crippen LogP contribution in [0.4, 0.5) is 0 Å². The molecular formula is C21H19NO9Pb. The van der Waals surface area contributed by atoms with Gasteiger partial charge >= 0.3 is 45.2 Å². The quantitative estimate of drug-likeness (QED) is 0.305. The molecule has 0 aliphatic carbocycles. The zero-order chi connectivity index (χ0) is 22.7. The fourth-order valence-electron chi connectivity index (χ4n) is 1.93. The summed E-state index contributed by atoms with van der Waals surface area (Å²) in [7, 11) is 0. The van der Waals surface area contributed by atoms with Crippen molar-refractivity contribution in [2.24, 2.45) is 0 Å². The maximum absolute atomic E-state index is 10.7. The Hall–Kier alpha value is -3.65. The van der Waals surface area contributed by atoms with Crippen LogP contribution in [0, 0.1) is 0 Å². The third-order valence-corrected chi connectivity index (χ3v) is 3.35. The third-order valence-electron chi connectivity index (χ3n) is 3.35. The minimum atomic E-state index is -1.18. The first-order valence-electron chi connectivity index (χ1n) is 8.13. The van der Waals surface area contributed by atoms with Gasteiger partial charge in [0.05, 0.1) is 16.7 Å². The maximum atomic E-state index is 10.7. The first-order chi connectivity index (χ1) is 14.1. The van der Waals surface area contributed by atoms with Crippen molar-refractivity contribution in [2.45, 2.75) is 0 Å². The van der Waals surface area contributed by atoms with E-state index in [4.69, 9.17) is 15.3 Å². The van der Waals surface area contributed by atoms with Crippen LogP contribution in [0.2, 0.25) is 0 Å². The molecule has 0 aliphatic rings. The number of aromatic carboxylic acids is 3. The normalized spacial score (nSPS) is 8.62. The van der Waals surface area contributed by atoms with Crippen LogP contribution in [0.3, 0.4) is 0 Å². The number of carboxylic acid groups (broad SMARTS) is 3. The maximum Gasteiger partial charge on any atom is 2.00 e. The minimum absolute atomic E-state index is 0. The van der Waals surface area contributed by atoms with Crippen molar-refractivity contribution in [3.05, 3.63) is 89.5 Å². The molecule has 3 aromatic rings. The second-order valence-electron chi connectivity index (χ2n) is 5.40. The fraction of sp³-hybridized carbons (Fsp3) is 0. The van der Waals surface area contributed by atoms with Gasteiger partial charge in [0.15, 0.2) is 0 Å². The molecule has 0 bridgehead atoms. The van der Waals surface area contributed by atoms with Gasteiger partial charge in [-0.25, -0.2) is 14.4 Å². The van der Waals surface area contributed by atoms with Crippen molar-refractivity contribution < 1.29 is 45.0 Å². The summed E-state index contributed by atoms with van der Waals surface area (Å²) in [6, 6.07) is 16.6. The summed E-state index contributed by atoms with van der Waals surface area (Å²) in [5.41, 5.74) is -0.535. The van der Waals surface area contributed by atoms with E-state index in [1.54, 1.807) is 0 Å². The molecule has 0 aliphatic heterocycles. The molecule has 0 aromatic heterocycles. The molecule has 2 radical (unpaired) electrons. The number of para-hydroxylation sites is 3. The molecule has 0 fully saturated rings. The summed E-state index contributed by atoms with van der Waals surface area (Å²) >= 11 is 0. The van der Waals surface area contributed by atoms with Crippen LogP contribution in [0.25, 0.3) is 0 Å². The molecule has 32 heavy (non-hydrogen) atoms. The zero-order valence-corrected chi connectivity index (χ0v) is 20.6. The van der Waals surface area contributed by atoms with Crippen molar-refractivity contribution in [2.75, 3.05) is 0 Å². The summed E-state index contributed by atoms with van der Waals surface area (Å²) in [4.78, 5) is 30.7. The van der Waals surface area contributed by atoms with Gasteiger partial charge in [-0.05, 0) is 18.2 Å². The molecule has 0 heterocycles. The van der Waals surface area contributed by atoms with Crippen LogP contribution >= 0.6 is 0 Å². The van der Waals surface area contributed by atoms with Gasteiger partial charge in [-0.15, -0.1) is 0 Å². The van der Waals surface area contributed by atoms with Crippen molar-refractivity contribution in [1.29, 1.82) is 0 Å². The topological polar surface area (TPSA) is 218 Å². The van der Waals surface area contributed by atoms with Gasteiger partial charge in [0.25, 0.3) is 0 Å². The molecule has 0 atom stereocenters. The molecule has 3 rings (SSSR count). The number of rotatable bonds is 3. The van der Waals surface area contributed by atoms with Gasteiger partial charge in [-0.2, -0.15) is 0 Å². The Balaban J connectivity index is 0. The van der Waals surface area contributed by atoms with Crippen molar-refractivity contribution in [3.63, 3.8) is 0 Å².